The second-order valence-electron chi connectivity index (χ2n) is 8.37. The van der Waals surface area contributed by atoms with Crippen LogP contribution < -0.4 is 10.1 Å². The van der Waals surface area contributed by atoms with Gasteiger partial charge in [0, 0.05) is 19.0 Å². The summed E-state index contributed by atoms with van der Waals surface area (Å²) in [6.45, 7) is 6.68. The third kappa shape index (κ3) is 5.18. The van der Waals surface area contributed by atoms with Crippen LogP contribution in [0.2, 0.25) is 0 Å². The van der Waals surface area contributed by atoms with E-state index in [-0.39, 0.29) is 5.92 Å². The maximum Gasteiger partial charge on any atom is 0.226 e. The molecule has 1 N–H and O–H groups in total. The van der Waals surface area contributed by atoms with Crippen molar-refractivity contribution in [1.29, 1.82) is 0 Å². The van der Waals surface area contributed by atoms with Crippen molar-refractivity contribution < 1.29 is 9.53 Å². The van der Waals surface area contributed by atoms with Crippen LogP contribution in [0.1, 0.15) is 43.2 Å². The second-order valence-corrected chi connectivity index (χ2v) is 8.37. The second kappa shape index (κ2) is 9.45. The van der Waals surface area contributed by atoms with Gasteiger partial charge < -0.3 is 15.0 Å². The van der Waals surface area contributed by atoms with Gasteiger partial charge in [0.1, 0.15) is 12.4 Å². The van der Waals surface area contributed by atoms with Crippen LogP contribution >= 0.6 is 0 Å². The first kappa shape index (κ1) is 20.0. The topological polar surface area (TPSA) is 41.6 Å². The molecule has 2 aromatic carbocycles. The minimum absolute atomic E-state index is 0.177. The molecular formula is C25H32N2O2. The van der Waals surface area contributed by atoms with Gasteiger partial charge in [0.2, 0.25) is 5.91 Å². The number of rotatable bonds is 8. The Kier molecular flexibility index (Phi) is 6.50. The fourth-order valence-corrected chi connectivity index (χ4v) is 4.33. The first-order valence-corrected chi connectivity index (χ1v) is 11.0. The number of carbonyl (C=O) groups is 1. The summed E-state index contributed by atoms with van der Waals surface area (Å²) in [6, 6.07) is 18.5. The zero-order valence-electron chi connectivity index (χ0n) is 17.3. The molecule has 0 bridgehead atoms. The fraction of sp³-hybridized carbons (Fsp3) is 0.480. The molecule has 1 heterocycles. The van der Waals surface area contributed by atoms with E-state index in [1.807, 2.05) is 30.3 Å². The molecule has 1 saturated heterocycles. The Morgan fingerprint density at radius 2 is 1.79 bits per heavy atom. The average Bonchev–Trinajstić information content (AvgIpc) is 3.58. The minimum atomic E-state index is 0.177. The van der Waals surface area contributed by atoms with E-state index in [1.54, 1.807) is 0 Å². The highest BCUT2D eigenvalue weighted by Crippen LogP contribution is 2.49. The molecule has 2 aromatic rings. The molecule has 154 valence electrons. The van der Waals surface area contributed by atoms with Crippen molar-refractivity contribution in [3.63, 3.8) is 0 Å². The van der Waals surface area contributed by atoms with Gasteiger partial charge in [0.25, 0.3) is 0 Å². The van der Waals surface area contributed by atoms with E-state index in [2.05, 4.69) is 41.4 Å². The van der Waals surface area contributed by atoms with Gasteiger partial charge in [-0.3, -0.25) is 4.79 Å². The first-order valence-electron chi connectivity index (χ1n) is 11.0. The molecule has 1 aliphatic carbocycles. The van der Waals surface area contributed by atoms with E-state index in [0.29, 0.717) is 18.4 Å². The normalized spacial score (nSPS) is 21.8. The predicted molar refractivity (Wildman–Crippen MR) is 116 cm³/mol. The molecule has 1 amide bonds. The van der Waals surface area contributed by atoms with Crippen molar-refractivity contribution in [2.45, 2.75) is 38.7 Å². The van der Waals surface area contributed by atoms with E-state index in [0.717, 1.165) is 57.1 Å². The first-order chi connectivity index (χ1) is 14.2. The molecule has 0 aromatic heterocycles. The molecule has 1 aliphatic heterocycles. The van der Waals surface area contributed by atoms with E-state index in [9.17, 15) is 4.79 Å². The Labute approximate surface area is 174 Å². The van der Waals surface area contributed by atoms with Crippen LogP contribution in [0.4, 0.5) is 0 Å². The molecule has 2 aliphatic rings. The summed E-state index contributed by atoms with van der Waals surface area (Å²) >= 11 is 0. The van der Waals surface area contributed by atoms with Gasteiger partial charge in [-0.1, -0.05) is 49.4 Å². The maximum absolute atomic E-state index is 12.9. The molecule has 4 rings (SSSR count). The molecule has 2 atom stereocenters. The van der Waals surface area contributed by atoms with Crippen LogP contribution in [-0.2, 0) is 11.4 Å². The Bertz CT molecular complexity index is 782. The molecule has 2 unspecified atom stereocenters. The van der Waals surface area contributed by atoms with Crippen molar-refractivity contribution in [3.8, 4) is 5.75 Å². The van der Waals surface area contributed by atoms with Gasteiger partial charge in [-0.05, 0) is 67.4 Å². The van der Waals surface area contributed by atoms with Gasteiger partial charge >= 0.3 is 0 Å². The largest absolute Gasteiger partial charge is 0.489 e. The van der Waals surface area contributed by atoms with Gasteiger partial charge in [0.05, 0.1) is 0 Å². The maximum atomic E-state index is 12.9. The number of carbonyl (C=O) groups excluding carboxylic acids is 1. The number of ether oxygens (including phenoxy) is 1. The lowest BCUT2D eigenvalue weighted by atomic mass is 9.96. The molecular weight excluding hydrogens is 360 g/mol. The summed E-state index contributed by atoms with van der Waals surface area (Å²) < 4.78 is 5.87. The lowest BCUT2D eigenvalue weighted by Gasteiger charge is -2.32. The van der Waals surface area contributed by atoms with Crippen molar-refractivity contribution in [2.75, 3.05) is 26.2 Å². The number of piperidine rings is 1. The number of hydrogen-bond donors (Lipinski definition) is 1. The van der Waals surface area contributed by atoms with Crippen molar-refractivity contribution >= 4 is 5.91 Å². The third-order valence-electron chi connectivity index (χ3n) is 6.27. The Morgan fingerprint density at radius 1 is 1.07 bits per heavy atom. The van der Waals surface area contributed by atoms with Gasteiger partial charge in [-0.25, -0.2) is 0 Å². The Balaban J connectivity index is 1.24. The number of hydrogen-bond acceptors (Lipinski definition) is 3. The molecule has 29 heavy (non-hydrogen) atoms. The lowest BCUT2D eigenvalue weighted by molar-refractivity contribution is -0.134. The quantitative estimate of drug-likeness (QED) is 0.731. The number of benzene rings is 2. The van der Waals surface area contributed by atoms with E-state index in [1.165, 1.54) is 11.1 Å². The molecule has 4 nitrogen and oxygen atoms in total. The van der Waals surface area contributed by atoms with Crippen LogP contribution in [-0.4, -0.2) is 37.0 Å². The molecule has 0 spiro atoms. The van der Waals surface area contributed by atoms with Crippen LogP contribution in [0.3, 0.4) is 0 Å². The summed E-state index contributed by atoms with van der Waals surface area (Å²) in [5.74, 6) is 2.52. The Morgan fingerprint density at radius 3 is 2.48 bits per heavy atom. The Hall–Kier alpha value is -2.33. The smallest absolute Gasteiger partial charge is 0.226 e. The minimum Gasteiger partial charge on any atom is -0.489 e. The van der Waals surface area contributed by atoms with Gasteiger partial charge in [0.15, 0.2) is 0 Å². The highest BCUT2D eigenvalue weighted by Gasteiger charge is 2.46. The number of nitrogens with zero attached hydrogens (tertiary/aromatic N) is 1. The zero-order valence-corrected chi connectivity index (χ0v) is 17.3. The van der Waals surface area contributed by atoms with E-state index < -0.39 is 0 Å². The van der Waals surface area contributed by atoms with Crippen molar-refractivity contribution in [2.24, 2.45) is 11.8 Å². The SMILES string of the molecule is CCNCC1CCN(C(=O)C2CC2c2ccc(OCc3ccccc3)cc2)CC1. The van der Waals surface area contributed by atoms with Crippen LogP contribution in [0.15, 0.2) is 54.6 Å². The summed E-state index contributed by atoms with van der Waals surface area (Å²) in [5, 5.41) is 3.43. The number of nitrogens with one attached hydrogen (secondary N) is 1. The van der Waals surface area contributed by atoms with E-state index >= 15 is 0 Å². The predicted octanol–water partition coefficient (Wildman–Crippen LogP) is 4.22. The number of amides is 1. The fourth-order valence-electron chi connectivity index (χ4n) is 4.33. The van der Waals surface area contributed by atoms with Gasteiger partial charge in [-0.2, -0.15) is 0 Å². The van der Waals surface area contributed by atoms with E-state index in [4.69, 9.17) is 4.74 Å². The lowest BCUT2D eigenvalue weighted by Crippen LogP contribution is -2.41. The monoisotopic (exact) mass is 392 g/mol. The summed E-state index contributed by atoms with van der Waals surface area (Å²) in [7, 11) is 0. The average molecular weight is 393 g/mol. The third-order valence-corrected chi connectivity index (χ3v) is 6.27. The highest BCUT2D eigenvalue weighted by atomic mass is 16.5. The number of likely N-dealkylation sites (tertiary alicyclic amines) is 1. The molecule has 0 radical (unpaired) electrons. The molecule has 1 saturated carbocycles. The summed E-state index contributed by atoms with van der Waals surface area (Å²) in [5.41, 5.74) is 2.43. The van der Waals surface area contributed by atoms with Crippen LogP contribution in [0.25, 0.3) is 0 Å². The van der Waals surface area contributed by atoms with Crippen LogP contribution in [0.5, 0.6) is 5.75 Å². The molecule has 2 fully saturated rings. The van der Waals surface area contributed by atoms with Crippen LogP contribution in [0, 0.1) is 11.8 Å². The zero-order chi connectivity index (χ0) is 20.1. The molecule has 4 heteroatoms. The summed E-state index contributed by atoms with van der Waals surface area (Å²) in [4.78, 5) is 15.0. The highest BCUT2D eigenvalue weighted by molar-refractivity contribution is 5.83. The van der Waals surface area contributed by atoms with Gasteiger partial charge in [-0.15, -0.1) is 0 Å². The standard InChI is InChI=1S/C25H32N2O2/c1-2-26-17-19-12-14-27(15-13-19)25(28)24-16-23(24)21-8-10-22(11-9-21)29-18-20-6-4-3-5-7-20/h3-11,19,23-24,26H,2,12-18H2,1H3. The van der Waals surface area contributed by atoms with Crippen molar-refractivity contribution in [1.82, 2.24) is 10.2 Å². The van der Waals surface area contributed by atoms with Crippen molar-refractivity contribution in [3.05, 3.63) is 65.7 Å². The summed E-state index contributed by atoms with van der Waals surface area (Å²) in [6.07, 6.45) is 3.24.